The maximum Gasteiger partial charge on any atom is 0.261 e. The molecule has 0 spiro atoms. The number of fused-ring (bicyclic) bond motifs is 1. The van der Waals surface area contributed by atoms with Gasteiger partial charge in [-0.1, -0.05) is 34.1 Å². The minimum absolute atomic E-state index is 0.0344. The Labute approximate surface area is 142 Å². The number of carbonyl (C=O) groups is 2. The molecule has 2 amide bonds. The molecule has 0 saturated heterocycles. The Morgan fingerprint density at radius 3 is 2.30 bits per heavy atom. The summed E-state index contributed by atoms with van der Waals surface area (Å²) >= 11 is 3.37. The SMILES string of the molecule is O=C1c2ccccc2C(=O)N1CC(O)CNc1cccc(Br)c1. The zero-order valence-corrected chi connectivity index (χ0v) is 13.8. The van der Waals surface area contributed by atoms with Crippen LogP contribution in [0.4, 0.5) is 5.69 Å². The highest BCUT2D eigenvalue weighted by atomic mass is 79.9. The van der Waals surface area contributed by atoms with Gasteiger partial charge in [-0.3, -0.25) is 14.5 Å². The lowest BCUT2D eigenvalue weighted by Crippen LogP contribution is -2.39. The first-order chi connectivity index (χ1) is 11.1. The maximum atomic E-state index is 12.2. The molecule has 0 bridgehead atoms. The number of nitrogens with zero attached hydrogens (tertiary/aromatic N) is 1. The minimum Gasteiger partial charge on any atom is -0.389 e. The first-order valence-electron chi connectivity index (χ1n) is 7.19. The van der Waals surface area contributed by atoms with Crippen molar-refractivity contribution < 1.29 is 14.7 Å². The molecular formula is C17H15BrN2O3. The third-order valence-corrected chi connectivity index (χ3v) is 4.13. The molecule has 6 heteroatoms. The molecule has 2 N–H and O–H groups in total. The van der Waals surface area contributed by atoms with Crippen molar-refractivity contribution in [3.63, 3.8) is 0 Å². The van der Waals surface area contributed by atoms with Crippen LogP contribution >= 0.6 is 15.9 Å². The smallest absolute Gasteiger partial charge is 0.261 e. The molecule has 118 valence electrons. The van der Waals surface area contributed by atoms with Crippen molar-refractivity contribution in [2.45, 2.75) is 6.10 Å². The highest BCUT2D eigenvalue weighted by Crippen LogP contribution is 2.22. The predicted molar refractivity (Wildman–Crippen MR) is 90.4 cm³/mol. The van der Waals surface area contributed by atoms with Crippen molar-refractivity contribution in [3.05, 3.63) is 64.1 Å². The largest absolute Gasteiger partial charge is 0.389 e. The van der Waals surface area contributed by atoms with Crippen LogP contribution in [0.3, 0.4) is 0 Å². The summed E-state index contributed by atoms with van der Waals surface area (Å²) in [6, 6.07) is 14.2. The molecular weight excluding hydrogens is 360 g/mol. The second-order valence-corrected chi connectivity index (χ2v) is 6.23. The summed E-state index contributed by atoms with van der Waals surface area (Å²) in [4.78, 5) is 25.6. The number of imide groups is 1. The molecule has 5 nitrogen and oxygen atoms in total. The lowest BCUT2D eigenvalue weighted by molar-refractivity contribution is 0.0558. The number of amides is 2. The molecule has 1 heterocycles. The number of carbonyl (C=O) groups excluding carboxylic acids is 2. The van der Waals surface area contributed by atoms with E-state index in [1.54, 1.807) is 24.3 Å². The molecule has 2 aromatic carbocycles. The summed E-state index contributed by atoms with van der Waals surface area (Å²) in [6.45, 7) is 0.206. The van der Waals surface area contributed by atoms with Crippen molar-refractivity contribution in [2.24, 2.45) is 0 Å². The van der Waals surface area contributed by atoms with E-state index in [4.69, 9.17) is 0 Å². The molecule has 0 fully saturated rings. The van der Waals surface area contributed by atoms with E-state index in [1.807, 2.05) is 24.3 Å². The number of hydrogen-bond donors (Lipinski definition) is 2. The van der Waals surface area contributed by atoms with E-state index in [1.165, 1.54) is 0 Å². The van der Waals surface area contributed by atoms with Gasteiger partial charge in [0.2, 0.25) is 0 Å². The standard InChI is InChI=1S/C17H15BrN2O3/c18-11-4-3-5-12(8-11)19-9-13(21)10-20-16(22)14-6-1-2-7-15(14)17(20)23/h1-8,13,19,21H,9-10H2. The van der Waals surface area contributed by atoms with E-state index in [-0.39, 0.29) is 24.9 Å². The molecule has 0 aliphatic carbocycles. The van der Waals surface area contributed by atoms with Crippen LogP contribution in [0.25, 0.3) is 0 Å². The molecule has 0 aromatic heterocycles. The van der Waals surface area contributed by atoms with E-state index in [0.717, 1.165) is 15.1 Å². The number of rotatable bonds is 5. The van der Waals surface area contributed by atoms with Crippen LogP contribution in [0.2, 0.25) is 0 Å². The highest BCUT2D eigenvalue weighted by Gasteiger charge is 2.35. The quantitative estimate of drug-likeness (QED) is 0.788. The van der Waals surface area contributed by atoms with Gasteiger partial charge in [-0.15, -0.1) is 0 Å². The summed E-state index contributed by atoms with van der Waals surface area (Å²) in [5.41, 5.74) is 1.63. The van der Waals surface area contributed by atoms with Crippen molar-refractivity contribution in [2.75, 3.05) is 18.4 Å². The first kappa shape index (κ1) is 15.7. The number of halogens is 1. The Balaban J connectivity index is 1.62. The number of anilines is 1. The van der Waals surface area contributed by atoms with E-state index < -0.39 is 6.10 Å². The average Bonchev–Trinajstić information content (AvgIpc) is 2.79. The number of β-amino-alcohol motifs (C(OH)–C–C–N with tert-alkyl or cyclic N) is 1. The number of aliphatic hydroxyl groups is 1. The molecule has 23 heavy (non-hydrogen) atoms. The summed E-state index contributed by atoms with van der Waals surface area (Å²) in [5.74, 6) is -0.709. The summed E-state index contributed by atoms with van der Waals surface area (Å²) < 4.78 is 0.928. The lowest BCUT2D eigenvalue weighted by Gasteiger charge is -2.19. The zero-order valence-electron chi connectivity index (χ0n) is 12.2. The van der Waals surface area contributed by atoms with Crippen LogP contribution in [0.15, 0.2) is 53.0 Å². The van der Waals surface area contributed by atoms with Crippen LogP contribution in [-0.2, 0) is 0 Å². The van der Waals surface area contributed by atoms with Crippen LogP contribution in [0.5, 0.6) is 0 Å². The van der Waals surface area contributed by atoms with Gasteiger partial charge in [0.25, 0.3) is 11.8 Å². The fourth-order valence-electron chi connectivity index (χ4n) is 2.51. The van der Waals surface area contributed by atoms with Gasteiger partial charge in [0.1, 0.15) is 0 Å². The van der Waals surface area contributed by atoms with Gasteiger partial charge >= 0.3 is 0 Å². The Morgan fingerprint density at radius 1 is 1.04 bits per heavy atom. The molecule has 1 aliphatic heterocycles. The van der Waals surface area contributed by atoms with Gasteiger partial charge in [0.15, 0.2) is 0 Å². The fraction of sp³-hybridized carbons (Fsp3) is 0.176. The molecule has 1 aliphatic rings. The normalized spacial score (nSPS) is 14.8. The first-order valence-corrected chi connectivity index (χ1v) is 7.98. The van der Waals surface area contributed by atoms with E-state index in [0.29, 0.717) is 11.1 Å². The Kier molecular flexibility index (Phi) is 4.45. The van der Waals surface area contributed by atoms with E-state index >= 15 is 0 Å². The lowest BCUT2D eigenvalue weighted by atomic mass is 10.1. The van der Waals surface area contributed by atoms with Crippen LogP contribution in [0.1, 0.15) is 20.7 Å². The third kappa shape index (κ3) is 3.28. The maximum absolute atomic E-state index is 12.2. The number of aliphatic hydroxyl groups excluding tert-OH is 1. The topological polar surface area (TPSA) is 69.6 Å². The predicted octanol–water partition coefficient (Wildman–Crippen LogP) is 2.52. The van der Waals surface area contributed by atoms with Gasteiger partial charge in [-0.05, 0) is 30.3 Å². The van der Waals surface area contributed by atoms with Gasteiger partial charge in [-0.25, -0.2) is 0 Å². The van der Waals surface area contributed by atoms with Crippen LogP contribution in [0, 0.1) is 0 Å². The summed E-state index contributed by atoms with van der Waals surface area (Å²) in [6.07, 6.45) is -0.851. The van der Waals surface area contributed by atoms with Gasteiger partial charge in [0, 0.05) is 16.7 Å². The second-order valence-electron chi connectivity index (χ2n) is 5.31. The Morgan fingerprint density at radius 2 is 1.70 bits per heavy atom. The monoisotopic (exact) mass is 374 g/mol. The molecule has 1 unspecified atom stereocenters. The number of benzene rings is 2. The van der Waals surface area contributed by atoms with Crippen molar-refractivity contribution in [1.82, 2.24) is 4.90 Å². The molecule has 1 atom stereocenters. The average molecular weight is 375 g/mol. The van der Waals surface area contributed by atoms with Gasteiger partial charge in [0.05, 0.1) is 23.8 Å². The summed E-state index contributed by atoms with van der Waals surface area (Å²) in [5, 5.41) is 13.2. The van der Waals surface area contributed by atoms with Gasteiger partial charge < -0.3 is 10.4 Å². The highest BCUT2D eigenvalue weighted by molar-refractivity contribution is 9.10. The van der Waals surface area contributed by atoms with Crippen molar-refractivity contribution >= 4 is 33.4 Å². The van der Waals surface area contributed by atoms with E-state index in [9.17, 15) is 14.7 Å². The van der Waals surface area contributed by atoms with Gasteiger partial charge in [-0.2, -0.15) is 0 Å². The molecule has 0 radical (unpaired) electrons. The van der Waals surface area contributed by atoms with E-state index in [2.05, 4.69) is 21.2 Å². The Hall–Kier alpha value is -2.18. The van der Waals surface area contributed by atoms with Crippen molar-refractivity contribution in [1.29, 1.82) is 0 Å². The molecule has 0 saturated carbocycles. The third-order valence-electron chi connectivity index (χ3n) is 3.64. The molecule has 3 rings (SSSR count). The van der Waals surface area contributed by atoms with Crippen LogP contribution < -0.4 is 5.32 Å². The fourth-order valence-corrected chi connectivity index (χ4v) is 2.91. The second kappa shape index (κ2) is 6.52. The number of nitrogens with one attached hydrogen (secondary N) is 1. The Bertz CT molecular complexity index is 728. The summed E-state index contributed by atoms with van der Waals surface area (Å²) in [7, 11) is 0. The van der Waals surface area contributed by atoms with Crippen LogP contribution in [-0.4, -0.2) is 41.0 Å². The van der Waals surface area contributed by atoms with Crippen molar-refractivity contribution in [3.8, 4) is 0 Å². The number of hydrogen-bond acceptors (Lipinski definition) is 4. The zero-order chi connectivity index (χ0) is 16.4. The molecule has 2 aromatic rings. The minimum atomic E-state index is -0.851.